The first-order chi connectivity index (χ1) is 11.8. The molecular weight excluding hydrogens is 362 g/mol. The van der Waals surface area contributed by atoms with Gasteiger partial charge in [-0.05, 0) is 55.8 Å². The van der Waals surface area contributed by atoms with Crippen LogP contribution < -0.4 is 15.4 Å². The highest BCUT2D eigenvalue weighted by Crippen LogP contribution is 2.19. The molecule has 0 aliphatic rings. The second-order valence-corrected chi connectivity index (χ2v) is 7.74. The zero-order valence-electron chi connectivity index (χ0n) is 14.0. The summed E-state index contributed by atoms with van der Waals surface area (Å²) in [6.07, 6.45) is 0.640. The van der Waals surface area contributed by atoms with E-state index in [1.807, 2.05) is 18.2 Å². The van der Waals surface area contributed by atoms with Crippen LogP contribution in [0.4, 0.5) is 10.5 Å². The van der Waals surface area contributed by atoms with E-state index in [0.29, 0.717) is 29.2 Å². The van der Waals surface area contributed by atoms with Crippen LogP contribution >= 0.6 is 11.6 Å². The van der Waals surface area contributed by atoms with Crippen molar-refractivity contribution in [3.05, 3.63) is 58.6 Å². The SMILES string of the molecule is CNS(=O)(=O)c1cc(NC(=O)NCCc2cccc(Cl)c2)ccc1C. The van der Waals surface area contributed by atoms with Gasteiger partial charge < -0.3 is 10.6 Å². The van der Waals surface area contributed by atoms with E-state index in [2.05, 4.69) is 15.4 Å². The fourth-order valence-corrected chi connectivity index (χ4v) is 3.47. The molecule has 2 aromatic carbocycles. The van der Waals surface area contributed by atoms with Gasteiger partial charge in [-0.2, -0.15) is 0 Å². The molecule has 0 aliphatic carbocycles. The Morgan fingerprint density at radius 2 is 1.92 bits per heavy atom. The van der Waals surface area contributed by atoms with E-state index in [0.717, 1.165) is 5.56 Å². The van der Waals surface area contributed by atoms with E-state index in [4.69, 9.17) is 11.6 Å². The maximum atomic E-state index is 12.0. The monoisotopic (exact) mass is 381 g/mol. The molecule has 0 saturated heterocycles. The summed E-state index contributed by atoms with van der Waals surface area (Å²) in [5.41, 5.74) is 2.02. The van der Waals surface area contributed by atoms with E-state index in [-0.39, 0.29) is 4.90 Å². The van der Waals surface area contributed by atoms with Crippen LogP contribution in [0.5, 0.6) is 0 Å². The molecule has 0 aromatic heterocycles. The molecule has 3 N–H and O–H groups in total. The summed E-state index contributed by atoms with van der Waals surface area (Å²) < 4.78 is 26.2. The minimum Gasteiger partial charge on any atom is -0.338 e. The molecule has 0 aliphatic heterocycles. The summed E-state index contributed by atoms with van der Waals surface area (Å²) in [5, 5.41) is 6.02. The normalized spacial score (nSPS) is 11.2. The van der Waals surface area contributed by atoms with Crippen LogP contribution in [0.3, 0.4) is 0 Å². The molecule has 0 spiro atoms. The lowest BCUT2D eigenvalue weighted by Crippen LogP contribution is -2.30. The van der Waals surface area contributed by atoms with Crippen molar-refractivity contribution in [2.24, 2.45) is 0 Å². The zero-order chi connectivity index (χ0) is 18.4. The second-order valence-electron chi connectivity index (χ2n) is 5.45. The number of anilines is 1. The first kappa shape index (κ1) is 19.2. The largest absolute Gasteiger partial charge is 0.338 e. The zero-order valence-corrected chi connectivity index (χ0v) is 15.5. The van der Waals surface area contributed by atoms with E-state index >= 15 is 0 Å². The van der Waals surface area contributed by atoms with Crippen molar-refractivity contribution in [2.75, 3.05) is 18.9 Å². The van der Waals surface area contributed by atoms with Gasteiger partial charge in [0.25, 0.3) is 0 Å². The Bertz CT molecular complexity index is 869. The quantitative estimate of drug-likeness (QED) is 0.718. The van der Waals surface area contributed by atoms with Crippen molar-refractivity contribution in [3.63, 3.8) is 0 Å². The number of hydrogen-bond acceptors (Lipinski definition) is 3. The molecule has 2 aromatic rings. The second kappa shape index (κ2) is 8.33. The average molecular weight is 382 g/mol. The number of amides is 2. The lowest BCUT2D eigenvalue weighted by Gasteiger charge is -2.11. The maximum absolute atomic E-state index is 12.0. The standard InChI is InChI=1S/C17H20ClN3O3S/c1-12-6-7-15(11-16(12)25(23,24)19-2)21-17(22)20-9-8-13-4-3-5-14(18)10-13/h3-7,10-11,19H,8-9H2,1-2H3,(H2,20,21,22). The van der Waals surface area contributed by atoms with Gasteiger partial charge in [-0.3, -0.25) is 0 Å². The van der Waals surface area contributed by atoms with Crippen LogP contribution in [0.15, 0.2) is 47.4 Å². The number of carbonyl (C=O) groups is 1. The molecule has 0 fully saturated rings. The van der Waals surface area contributed by atoms with E-state index in [1.165, 1.54) is 13.1 Å². The van der Waals surface area contributed by atoms with Crippen LogP contribution in [0.25, 0.3) is 0 Å². The van der Waals surface area contributed by atoms with Gasteiger partial charge in [0.05, 0.1) is 4.90 Å². The summed E-state index contributed by atoms with van der Waals surface area (Å²) in [7, 11) is -2.23. The number of sulfonamides is 1. The van der Waals surface area contributed by atoms with Crippen LogP contribution in [0.1, 0.15) is 11.1 Å². The van der Waals surface area contributed by atoms with Gasteiger partial charge in [0.1, 0.15) is 0 Å². The summed E-state index contributed by atoms with van der Waals surface area (Å²) in [6.45, 7) is 2.12. The third-order valence-corrected chi connectivity index (χ3v) is 5.38. The van der Waals surface area contributed by atoms with Gasteiger partial charge in [-0.25, -0.2) is 17.9 Å². The Hall–Kier alpha value is -2.09. The molecule has 8 heteroatoms. The Kier molecular flexibility index (Phi) is 6.41. The predicted octanol–water partition coefficient (Wildman–Crippen LogP) is 2.92. The molecule has 2 rings (SSSR count). The third kappa shape index (κ3) is 5.45. The minimum absolute atomic E-state index is 0.131. The van der Waals surface area contributed by atoms with Gasteiger partial charge in [0.15, 0.2) is 0 Å². The summed E-state index contributed by atoms with van der Waals surface area (Å²) in [6, 6.07) is 11.7. The number of carbonyl (C=O) groups excluding carboxylic acids is 1. The third-order valence-electron chi connectivity index (χ3n) is 3.59. The highest BCUT2D eigenvalue weighted by molar-refractivity contribution is 7.89. The highest BCUT2D eigenvalue weighted by Gasteiger charge is 2.15. The fraction of sp³-hybridized carbons (Fsp3) is 0.235. The lowest BCUT2D eigenvalue weighted by molar-refractivity contribution is 0.252. The summed E-state index contributed by atoms with van der Waals surface area (Å²) in [5.74, 6) is 0. The van der Waals surface area contributed by atoms with E-state index in [9.17, 15) is 13.2 Å². The number of aryl methyl sites for hydroxylation is 1. The van der Waals surface area contributed by atoms with Gasteiger partial charge >= 0.3 is 6.03 Å². The number of benzene rings is 2. The molecule has 0 heterocycles. The predicted molar refractivity (Wildman–Crippen MR) is 99.6 cm³/mol. The van der Waals surface area contributed by atoms with Gasteiger partial charge in [0, 0.05) is 17.3 Å². The maximum Gasteiger partial charge on any atom is 0.319 e. The first-order valence-electron chi connectivity index (χ1n) is 7.65. The van der Waals surface area contributed by atoms with Crippen LogP contribution in [-0.2, 0) is 16.4 Å². The highest BCUT2D eigenvalue weighted by atomic mass is 35.5. The molecule has 2 amide bonds. The summed E-state index contributed by atoms with van der Waals surface area (Å²) in [4.78, 5) is 12.1. The van der Waals surface area contributed by atoms with Gasteiger partial charge in [-0.1, -0.05) is 29.8 Å². The molecule has 134 valence electrons. The molecule has 0 bridgehead atoms. The number of halogens is 1. The Morgan fingerprint density at radius 1 is 1.16 bits per heavy atom. The number of rotatable bonds is 6. The fourth-order valence-electron chi connectivity index (χ4n) is 2.27. The molecule has 6 nitrogen and oxygen atoms in total. The van der Waals surface area contributed by atoms with Crippen molar-refractivity contribution >= 4 is 33.3 Å². The summed E-state index contributed by atoms with van der Waals surface area (Å²) >= 11 is 5.92. The molecule has 0 unspecified atom stereocenters. The van der Waals surface area contributed by atoms with E-state index < -0.39 is 16.1 Å². The lowest BCUT2D eigenvalue weighted by atomic mass is 10.1. The van der Waals surface area contributed by atoms with Crippen molar-refractivity contribution in [1.29, 1.82) is 0 Å². The Labute approximate surface area is 152 Å². The van der Waals surface area contributed by atoms with Gasteiger partial charge in [0.2, 0.25) is 10.0 Å². The minimum atomic E-state index is -3.58. The molecule has 0 saturated carbocycles. The number of nitrogens with one attached hydrogen (secondary N) is 3. The molecular formula is C17H20ClN3O3S. The smallest absolute Gasteiger partial charge is 0.319 e. The van der Waals surface area contributed by atoms with Crippen LogP contribution in [-0.4, -0.2) is 28.0 Å². The molecule has 0 radical (unpaired) electrons. The Morgan fingerprint density at radius 3 is 2.60 bits per heavy atom. The van der Waals surface area contributed by atoms with Crippen molar-refractivity contribution < 1.29 is 13.2 Å². The first-order valence-corrected chi connectivity index (χ1v) is 9.51. The van der Waals surface area contributed by atoms with Gasteiger partial charge in [-0.15, -0.1) is 0 Å². The van der Waals surface area contributed by atoms with E-state index in [1.54, 1.807) is 25.1 Å². The topological polar surface area (TPSA) is 87.3 Å². The van der Waals surface area contributed by atoms with Crippen molar-refractivity contribution in [2.45, 2.75) is 18.2 Å². The van der Waals surface area contributed by atoms with Crippen LogP contribution in [0.2, 0.25) is 5.02 Å². The average Bonchev–Trinajstić information content (AvgIpc) is 2.56. The number of urea groups is 1. The molecule has 0 atom stereocenters. The van der Waals surface area contributed by atoms with Crippen molar-refractivity contribution in [1.82, 2.24) is 10.0 Å². The number of hydrogen-bond donors (Lipinski definition) is 3. The Balaban J connectivity index is 1.95. The molecule has 25 heavy (non-hydrogen) atoms. The van der Waals surface area contributed by atoms with Crippen LogP contribution in [0, 0.1) is 6.92 Å². The van der Waals surface area contributed by atoms with Crippen molar-refractivity contribution in [3.8, 4) is 0 Å².